The Hall–Kier alpha value is -1.47. The first-order valence-electron chi connectivity index (χ1n) is 3.82. The van der Waals surface area contributed by atoms with E-state index in [-0.39, 0.29) is 4.90 Å². The summed E-state index contributed by atoms with van der Waals surface area (Å²) in [4.78, 5) is 22.1. The average Bonchev–Trinajstić information content (AvgIpc) is 2.90. The SMILES string of the molecule is COC(=O)N1C[C@@]1(C(=O)OC)C(F)(F)F. The molecule has 0 bridgehead atoms. The molecule has 1 saturated heterocycles. The number of carbonyl (C=O) groups is 2. The molecule has 1 heterocycles. The first-order chi connectivity index (χ1) is 6.81. The molecule has 0 aromatic heterocycles. The number of methoxy groups -OCH3 is 2. The summed E-state index contributed by atoms with van der Waals surface area (Å²) in [5.74, 6) is -1.51. The van der Waals surface area contributed by atoms with Gasteiger partial charge >= 0.3 is 18.2 Å². The molecular formula is C7H8F3NO4. The lowest BCUT2D eigenvalue weighted by molar-refractivity contribution is -0.191. The second-order valence-electron chi connectivity index (χ2n) is 2.91. The van der Waals surface area contributed by atoms with E-state index in [1.807, 2.05) is 0 Å². The van der Waals surface area contributed by atoms with Gasteiger partial charge in [0.1, 0.15) is 0 Å². The highest BCUT2D eigenvalue weighted by atomic mass is 19.4. The zero-order valence-electron chi connectivity index (χ0n) is 7.92. The summed E-state index contributed by atoms with van der Waals surface area (Å²) >= 11 is 0. The van der Waals surface area contributed by atoms with E-state index in [1.54, 1.807) is 0 Å². The highest BCUT2D eigenvalue weighted by molar-refractivity contribution is 5.92. The van der Waals surface area contributed by atoms with Crippen molar-refractivity contribution in [2.24, 2.45) is 0 Å². The molecule has 1 aliphatic rings. The maximum absolute atomic E-state index is 12.5. The molecule has 0 spiro atoms. The molecule has 0 aliphatic carbocycles. The zero-order chi connectivity index (χ0) is 11.9. The van der Waals surface area contributed by atoms with E-state index in [0.29, 0.717) is 0 Å². The van der Waals surface area contributed by atoms with Crippen molar-refractivity contribution >= 4 is 12.1 Å². The minimum atomic E-state index is -4.87. The molecule has 8 heteroatoms. The van der Waals surface area contributed by atoms with Crippen LogP contribution in [-0.2, 0) is 14.3 Å². The van der Waals surface area contributed by atoms with Gasteiger partial charge in [-0.05, 0) is 0 Å². The summed E-state index contributed by atoms with van der Waals surface area (Å²) in [6, 6.07) is 0. The summed E-state index contributed by atoms with van der Waals surface area (Å²) < 4.78 is 45.7. The zero-order valence-corrected chi connectivity index (χ0v) is 7.92. The fourth-order valence-electron chi connectivity index (χ4n) is 1.23. The van der Waals surface area contributed by atoms with E-state index in [2.05, 4.69) is 9.47 Å². The lowest BCUT2D eigenvalue weighted by atomic mass is 10.1. The topological polar surface area (TPSA) is 55.6 Å². The van der Waals surface area contributed by atoms with Crippen LogP contribution in [0.4, 0.5) is 18.0 Å². The largest absolute Gasteiger partial charge is 0.467 e. The van der Waals surface area contributed by atoms with Gasteiger partial charge in [0.15, 0.2) is 0 Å². The van der Waals surface area contributed by atoms with Crippen molar-refractivity contribution in [2.75, 3.05) is 20.8 Å². The van der Waals surface area contributed by atoms with Crippen LogP contribution in [0.1, 0.15) is 0 Å². The van der Waals surface area contributed by atoms with Gasteiger partial charge in [-0.3, -0.25) is 4.90 Å². The number of rotatable bonds is 1. The maximum atomic E-state index is 12.5. The molecule has 1 atom stereocenters. The van der Waals surface area contributed by atoms with Gasteiger partial charge in [0.25, 0.3) is 5.54 Å². The Balaban J connectivity index is 2.96. The second kappa shape index (κ2) is 3.28. The number of ether oxygens (including phenoxy) is 2. The van der Waals surface area contributed by atoms with E-state index < -0.39 is 30.3 Å². The highest BCUT2D eigenvalue weighted by Crippen LogP contribution is 2.47. The molecule has 15 heavy (non-hydrogen) atoms. The number of alkyl halides is 3. The third-order valence-electron chi connectivity index (χ3n) is 2.13. The molecule has 0 aromatic carbocycles. The van der Waals surface area contributed by atoms with Crippen molar-refractivity contribution in [1.29, 1.82) is 0 Å². The third-order valence-corrected chi connectivity index (χ3v) is 2.13. The smallest absolute Gasteiger partial charge is 0.424 e. The summed E-state index contributed by atoms with van der Waals surface area (Å²) in [6.45, 7) is -0.768. The number of amides is 1. The van der Waals surface area contributed by atoms with Gasteiger partial charge in [0.05, 0.1) is 20.8 Å². The molecule has 5 nitrogen and oxygen atoms in total. The minimum absolute atomic E-state index is 0.263. The van der Waals surface area contributed by atoms with E-state index in [4.69, 9.17) is 0 Å². The molecule has 86 valence electrons. The predicted molar refractivity (Wildman–Crippen MR) is 39.9 cm³/mol. The molecule has 0 unspecified atom stereocenters. The monoisotopic (exact) mass is 227 g/mol. The summed E-state index contributed by atoms with van der Waals surface area (Å²) in [5, 5.41) is 0. The number of halogens is 3. The molecule has 0 radical (unpaired) electrons. The Bertz CT molecular complexity index is 303. The van der Waals surface area contributed by atoms with Gasteiger partial charge < -0.3 is 9.47 Å². The number of hydrogen-bond donors (Lipinski definition) is 0. The van der Waals surface area contributed by atoms with Crippen molar-refractivity contribution < 1.29 is 32.2 Å². The quantitative estimate of drug-likeness (QED) is 0.484. The predicted octanol–water partition coefficient (Wildman–Crippen LogP) is 0.542. The molecule has 0 N–H and O–H groups in total. The lowest BCUT2D eigenvalue weighted by Crippen LogP contribution is -2.46. The Kier molecular flexibility index (Phi) is 2.54. The summed E-state index contributed by atoms with van der Waals surface area (Å²) in [5.41, 5.74) is -2.87. The van der Waals surface area contributed by atoms with Crippen LogP contribution in [0.25, 0.3) is 0 Å². The van der Waals surface area contributed by atoms with Gasteiger partial charge in [0, 0.05) is 0 Å². The van der Waals surface area contributed by atoms with Crippen molar-refractivity contribution in [3.05, 3.63) is 0 Å². The number of carbonyl (C=O) groups excluding carboxylic acids is 2. The van der Waals surface area contributed by atoms with Crippen LogP contribution in [0.5, 0.6) is 0 Å². The van der Waals surface area contributed by atoms with Gasteiger partial charge in [-0.25, -0.2) is 9.59 Å². The van der Waals surface area contributed by atoms with E-state index in [9.17, 15) is 22.8 Å². The van der Waals surface area contributed by atoms with Crippen LogP contribution in [0, 0.1) is 0 Å². The second-order valence-corrected chi connectivity index (χ2v) is 2.91. The normalized spacial score (nSPS) is 24.7. The van der Waals surface area contributed by atoms with Crippen LogP contribution in [0.3, 0.4) is 0 Å². The molecule has 0 saturated carbocycles. The van der Waals surface area contributed by atoms with E-state index >= 15 is 0 Å². The maximum Gasteiger partial charge on any atom is 0.424 e. The Morgan fingerprint density at radius 1 is 1.27 bits per heavy atom. The molecule has 0 aromatic rings. The van der Waals surface area contributed by atoms with E-state index in [1.165, 1.54) is 0 Å². The average molecular weight is 227 g/mol. The molecular weight excluding hydrogens is 219 g/mol. The van der Waals surface area contributed by atoms with Crippen LogP contribution in [0.2, 0.25) is 0 Å². The third kappa shape index (κ3) is 1.49. The van der Waals surface area contributed by atoms with Gasteiger partial charge in [0.2, 0.25) is 0 Å². The van der Waals surface area contributed by atoms with Crippen molar-refractivity contribution in [2.45, 2.75) is 11.7 Å². The lowest BCUT2D eigenvalue weighted by Gasteiger charge is -2.17. The Labute approximate surface area is 82.7 Å². The molecule has 1 rings (SSSR count). The van der Waals surface area contributed by atoms with Gasteiger partial charge in [-0.2, -0.15) is 13.2 Å². The first-order valence-corrected chi connectivity index (χ1v) is 3.82. The molecule has 1 aliphatic heterocycles. The van der Waals surface area contributed by atoms with Crippen LogP contribution in [0.15, 0.2) is 0 Å². The fraction of sp³-hybridized carbons (Fsp3) is 0.714. The van der Waals surface area contributed by atoms with Crippen LogP contribution >= 0.6 is 0 Å². The van der Waals surface area contributed by atoms with Crippen molar-refractivity contribution in [3.63, 3.8) is 0 Å². The standard InChI is InChI=1S/C7H8F3NO4/c1-14-4(12)6(7(8,9)10)3-11(6)5(13)15-2/h3H2,1-2H3/t6-,11?/m1/s1. The summed E-state index contributed by atoms with van der Waals surface area (Å²) in [6.07, 6.45) is -6.08. The van der Waals surface area contributed by atoms with Gasteiger partial charge in [-0.15, -0.1) is 0 Å². The molecule has 1 amide bonds. The number of esters is 1. The van der Waals surface area contributed by atoms with Crippen LogP contribution in [-0.4, -0.2) is 49.4 Å². The first kappa shape index (κ1) is 11.6. The number of hydrogen-bond acceptors (Lipinski definition) is 4. The van der Waals surface area contributed by atoms with Gasteiger partial charge in [-0.1, -0.05) is 0 Å². The van der Waals surface area contributed by atoms with Crippen molar-refractivity contribution in [1.82, 2.24) is 4.90 Å². The van der Waals surface area contributed by atoms with Crippen LogP contribution < -0.4 is 0 Å². The fourth-order valence-corrected chi connectivity index (χ4v) is 1.23. The van der Waals surface area contributed by atoms with Crippen molar-refractivity contribution in [3.8, 4) is 0 Å². The Morgan fingerprint density at radius 3 is 2.13 bits per heavy atom. The highest BCUT2D eigenvalue weighted by Gasteiger charge is 2.78. The Morgan fingerprint density at radius 2 is 1.80 bits per heavy atom. The minimum Gasteiger partial charge on any atom is -0.467 e. The summed E-state index contributed by atoms with van der Waals surface area (Å²) in [7, 11) is 1.75. The van der Waals surface area contributed by atoms with E-state index in [0.717, 1.165) is 14.2 Å². The molecule has 1 fully saturated rings. The number of nitrogens with zero attached hydrogens (tertiary/aromatic N) is 1.